The van der Waals surface area contributed by atoms with E-state index in [9.17, 15) is 13.6 Å². The summed E-state index contributed by atoms with van der Waals surface area (Å²) in [6, 6.07) is 1.68. The van der Waals surface area contributed by atoms with Crippen molar-refractivity contribution in [1.29, 1.82) is 5.26 Å². The number of aromatic nitrogens is 1. The number of alkyl halides is 2. The number of carbonyl (C=O) groups is 1. The van der Waals surface area contributed by atoms with Crippen molar-refractivity contribution in [3.05, 3.63) is 26.6 Å². The topological polar surface area (TPSA) is 63.0 Å². The van der Waals surface area contributed by atoms with Crippen LogP contribution in [-0.2, 0) is 4.74 Å². The predicted molar refractivity (Wildman–Crippen MR) is 62.6 cm³/mol. The molecule has 1 rings (SSSR count). The molecule has 17 heavy (non-hydrogen) atoms. The van der Waals surface area contributed by atoms with Crippen LogP contribution in [0.3, 0.4) is 0 Å². The average molecular weight is 352 g/mol. The van der Waals surface area contributed by atoms with Crippen LogP contribution in [0.1, 0.15) is 35.0 Å². The molecule has 0 saturated carbocycles. The van der Waals surface area contributed by atoms with Crippen molar-refractivity contribution in [2.45, 2.75) is 13.3 Å². The third-order valence-corrected chi connectivity index (χ3v) is 3.03. The first-order chi connectivity index (χ1) is 8.02. The summed E-state index contributed by atoms with van der Waals surface area (Å²) in [6.45, 7) is 1.68. The molecule has 0 bridgehead atoms. The number of carbonyl (C=O) groups excluding carboxylic acids is 1. The Labute approximate surface area is 110 Å². The smallest absolute Gasteiger partial charge is 0.342 e. The molecule has 0 radical (unpaired) electrons. The van der Waals surface area contributed by atoms with Crippen LogP contribution in [0.15, 0.2) is 6.20 Å². The summed E-state index contributed by atoms with van der Waals surface area (Å²) < 4.78 is 29.9. The van der Waals surface area contributed by atoms with Gasteiger partial charge in [-0.2, -0.15) is 5.26 Å². The fraction of sp³-hybridized carbons (Fsp3) is 0.300. The molecule has 0 amide bonds. The van der Waals surface area contributed by atoms with Crippen LogP contribution in [0.2, 0.25) is 0 Å². The molecule has 1 heterocycles. The fourth-order valence-electron chi connectivity index (χ4n) is 1.13. The molecule has 0 spiro atoms. The van der Waals surface area contributed by atoms with Crippen molar-refractivity contribution in [2.75, 3.05) is 6.61 Å². The summed E-state index contributed by atoms with van der Waals surface area (Å²) in [7, 11) is 0. The second kappa shape index (κ2) is 5.86. The van der Waals surface area contributed by atoms with Gasteiger partial charge in [-0.25, -0.2) is 18.6 Å². The van der Waals surface area contributed by atoms with Crippen molar-refractivity contribution in [2.24, 2.45) is 0 Å². The van der Waals surface area contributed by atoms with Crippen LogP contribution in [-0.4, -0.2) is 17.6 Å². The maximum atomic E-state index is 12.6. The molecule has 0 unspecified atom stereocenters. The molecule has 0 aliphatic heterocycles. The van der Waals surface area contributed by atoms with E-state index in [0.29, 0.717) is 0 Å². The molecule has 4 nitrogen and oxygen atoms in total. The standard InChI is InChI=1S/C10H7F2IN2O2/c1-2-17-10(16)7-6(3-14)15-4-5(8(7)13)9(11)12/h4,9H,2H2,1H3. The lowest BCUT2D eigenvalue weighted by Crippen LogP contribution is -2.12. The van der Waals surface area contributed by atoms with Crippen molar-refractivity contribution < 1.29 is 18.3 Å². The van der Waals surface area contributed by atoms with Gasteiger partial charge >= 0.3 is 5.97 Å². The second-order valence-electron chi connectivity index (χ2n) is 2.88. The Hall–Kier alpha value is -1.30. The number of rotatable bonds is 3. The zero-order valence-corrected chi connectivity index (χ0v) is 10.9. The Bertz CT molecular complexity index is 486. The van der Waals surface area contributed by atoms with Crippen molar-refractivity contribution in [3.63, 3.8) is 0 Å². The van der Waals surface area contributed by atoms with E-state index in [4.69, 9.17) is 10.00 Å². The number of nitriles is 1. The SMILES string of the molecule is CCOC(=O)c1c(C#N)ncc(C(F)F)c1I. The lowest BCUT2D eigenvalue weighted by atomic mass is 10.1. The Morgan fingerprint density at radius 3 is 2.82 bits per heavy atom. The number of halogens is 3. The van der Waals surface area contributed by atoms with Gasteiger partial charge in [-0.15, -0.1) is 0 Å². The second-order valence-corrected chi connectivity index (χ2v) is 3.96. The van der Waals surface area contributed by atoms with E-state index in [1.54, 1.807) is 35.6 Å². The largest absolute Gasteiger partial charge is 0.462 e. The van der Waals surface area contributed by atoms with Crippen molar-refractivity contribution in [1.82, 2.24) is 4.98 Å². The molecular weight excluding hydrogens is 345 g/mol. The molecular formula is C10H7F2IN2O2. The molecule has 1 aromatic rings. The first-order valence-electron chi connectivity index (χ1n) is 4.56. The molecule has 0 fully saturated rings. The van der Waals surface area contributed by atoms with Crippen LogP contribution in [0.5, 0.6) is 0 Å². The fourth-order valence-corrected chi connectivity index (χ4v) is 1.98. The summed E-state index contributed by atoms with van der Waals surface area (Å²) in [4.78, 5) is 15.1. The Morgan fingerprint density at radius 2 is 2.35 bits per heavy atom. The van der Waals surface area contributed by atoms with Gasteiger partial charge < -0.3 is 4.74 Å². The van der Waals surface area contributed by atoms with Gasteiger partial charge in [-0.1, -0.05) is 0 Å². The highest BCUT2D eigenvalue weighted by Crippen LogP contribution is 2.28. The van der Waals surface area contributed by atoms with Gasteiger partial charge in [0.25, 0.3) is 6.43 Å². The van der Waals surface area contributed by atoms with Gasteiger partial charge in [-0.3, -0.25) is 0 Å². The first-order valence-corrected chi connectivity index (χ1v) is 5.64. The molecule has 1 aromatic heterocycles. The lowest BCUT2D eigenvalue weighted by Gasteiger charge is -2.09. The average Bonchev–Trinajstić information content (AvgIpc) is 2.27. The van der Waals surface area contributed by atoms with E-state index in [1.165, 1.54) is 0 Å². The third-order valence-electron chi connectivity index (χ3n) is 1.86. The minimum absolute atomic E-state index is 0.00241. The van der Waals surface area contributed by atoms with E-state index < -0.39 is 12.4 Å². The Kier molecular flexibility index (Phi) is 4.74. The predicted octanol–water partition coefficient (Wildman–Crippen LogP) is 2.67. The molecule has 0 saturated heterocycles. The van der Waals surface area contributed by atoms with Crippen LogP contribution in [0.4, 0.5) is 8.78 Å². The number of pyridine rings is 1. The van der Waals surface area contributed by atoms with Gasteiger partial charge in [0.15, 0.2) is 5.69 Å². The van der Waals surface area contributed by atoms with E-state index in [0.717, 1.165) is 6.20 Å². The number of hydrogen-bond donors (Lipinski definition) is 0. The molecule has 7 heteroatoms. The summed E-state index contributed by atoms with van der Waals surface area (Å²) in [5.41, 5.74) is -0.794. The zero-order valence-electron chi connectivity index (χ0n) is 8.71. The number of hydrogen-bond acceptors (Lipinski definition) is 4. The normalized spacial score (nSPS) is 10.1. The summed E-state index contributed by atoms with van der Waals surface area (Å²) in [5.74, 6) is -0.816. The monoisotopic (exact) mass is 352 g/mol. The van der Waals surface area contributed by atoms with Crippen LogP contribution in [0.25, 0.3) is 0 Å². The van der Waals surface area contributed by atoms with Gasteiger partial charge in [0.05, 0.1) is 12.2 Å². The van der Waals surface area contributed by atoms with Crippen molar-refractivity contribution in [3.8, 4) is 6.07 Å². The Balaban J connectivity index is 3.39. The number of esters is 1. The maximum absolute atomic E-state index is 12.6. The van der Waals surface area contributed by atoms with E-state index >= 15 is 0 Å². The molecule has 0 atom stereocenters. The first kappa shape index (κ1) is 13.8. The molecule has 0 aliphatic carbocycles. The summed E-state index contributed by atoms with van der Waals surface area (Å²) in [5, 5.41) is 8.78. The molecule has 0 N–H and O–H groups in total. The van der Waals surface area contributed by atoms with E-state index in [1.807, 2.05) is 0 Å². The van der Waals surface area contributed by atoms with Gasteiger partial charge in [-0.05, 0) is 29.5 Å². The van der Waals surface area contributed by atoms with Crippen LogP contribution < -0.4 is 0 Å². The van der Waals surface area contributed by atoms with Crippen molar-refractivity contribution >= 4 is 28.6 Å². The van der Waals surface area contributed by atoms with E-state index in [2.05, 4.69) is 4.98 Å². The van der Waals surface area contributed by atoms with Crippen LogP contribution in [0, 0.1) is 14.9 Å². The Morgan fingerprint density at radius 1 is 1.71 bits per heavy atom. The minimum atomic E-state index is -2.75. The van der Waals surface area contributed by atoms with E-state index in [-0.39, 0.29) is 27.0 Å². The quantitative estimate of drug-likeness (QED) is 0.620. The van der Waals surface area contributed by atoms with Gasteiger partial charge in [0.1, 0.15) is 11.6 Å². The van der Waals surface area contributed by atoms with Gasteiger partial charge in [0, 0.05) is 9.77 Å². The highest BCUT2D eigenvalue weighted by atomic mass is 127. The molecule has 0 aliphatic rings. The zero-order chi connectivity index (χ0) is 13.0. The third kappa shape index (κ3) is 2.88. The summed E-state index contributed by atoms with van der Waals surface area (Å²) in [6.07, 6.45) is -1.86. The molecule has 90 valence electrons. The number of ether oxygens (including phenoxy) is 1. The van der Waals surface area contributed by atoms with Crippen LogP contribution >= 0.6 is 22.6 Å². The molecule has 0 aromatic carbocycles. The minimum Gasteiger partial charge on any atom is -0.462 e. The highest BCUT2D eigenvalue weighted by Gasteiger charge is 2.24. The summed E-state index contributed by atoms with van der Waals surface area (Å²) >= 11 is 1.59. The highest BCUT2D eigenvalue weighted by molar-refractivity contribution is 14.1. The van der Waals surface area contributed by atoms with Gasteiger partial charge in [0.2, 0.25) is 0 Å². The number of nitrogens with zero attached hydrogens (tertiary/aromatic N) is 2. The lowest BCUT2D eigenvalue weighted by molar-refractivity contribution is 0.0523. The maximum Gasteiger partial charge on any atom is 0.342 e.